The fourth-order valence-electron chi connectivity index (χ4n) is 1.72. The van der Waals surface area contributed by atoms with Gasteiger partial charge in [0, 0.05) is 18.2 Å². The number of hydrogen-bond donors (Lipinski definition) is 2. The maximum Gasteiger partial charge on any atom is 0.332 e. The molecular weight excluding hydrogens is 242 g/mol. The topological polar surface area (TPSA) is 84.6 Å². The largest absolute Gasteiger partial charge is 0.350 e. The Hall–Kier alpha value is -2.69. The third-order valence-corrected chi connectivity index (χ3v) is 2.61. The van der Waals surface area contributed by atoms with Crippen LogP contribution in [0.3, 0.4) is 0 Å². The van der Waals surface area contributed by atoms with Crippen molar-refractivity contribution in [2.24, 2.45) is 10.8 Å². The molecule has 0 saturated carbocycles. The Kier molecular flexibility index (Phi) is 3.87. The van der Waals surface area contributed by atoms with Crippen molar-refractivity contribution < 1.29 is 9.59 Å². The summed E-state index contributed by atoms with van der Waals surface area (Å²) in [6, 6.07) is 12.6. The molecule has 0 atom stereocenters. The number of benzene rings is 2. The molecule has 0 aliphatic heterocycles. The van der Waals surface area contributed by atoms with E-state index in [0.29, 0.717) is 5.56 Å². The summed E-state index contributed by atoms with van der Waals surface area (Å²) in [5.74, 6) is -0.0687. The number of ketones is 1. The molecule has 19 heavy (non-hydrogen) atoms. The summed E-state index contributed by atoms with van der Waals surface area (Å²) in [5, 5.41) is 5.63. The number of hydrazone groups is 1. The highest BCUT2D eigenvalue weighted by molar-refractivity contribution is 6.05. The van der Waals surface area contributed by atoms with Gasteiger partial charge in [-0.25, -0.2) is 10.2 Å². The third-order valence-electron chi connectivity index (χ3n) is 2.61. The van der Waals surface area contributed by atoms with Gasteiger partial charge in [-0.1, -0.05) is 36.4 Å². The maximum absolute atomic E-state index is 11.9. The molecule has 0 aliphatic carbocycles. The predicted molar refractivity (Wildman–Crippen MR) is 74.1 cm³/mol. The normalized spacial score (nSPS) is 10.7. The van der Waals surface area contributed by atoms with Crippen LogP contribution in [0.1, 0.15) is 16.8 Å². The first-order valence-electron chi connectivity index (χ1n) is 5.76. The standard InChI is InChI=1S/C14H13N3O2/c15-14(19)17-16-8-7-13(18)12-6-5-10-3-1-2-4-11(10)9-12/h1-6,8-9H,7H2,(H3,15,17,19)/b16-8-. The van der Waals surface area contributed by atoms with Gasteiger partial charge in [0.05, 0.1) is 0 Å². The molecule has 0 bridgehead atoms. The zero-order valence-corrected chi connectivity index (χ0v) is 10.2. The van der Waals surface area contributed by atoms with Gasteiger partial charge in [0.1, 0.15) is 0 Å². The lowest BCUT2D eigenvalue weighted by molar-refractivity contribution is 0.100. The van der Waals surface area contributed by atoms with E-state index in [1.807, 2.05) is 41.8 Å². The van der Waals surface area contributed by atoms with Crippen molar-refractivity contribution in [1.29, 1.82) is 0 Å². The van der Waals surface area contributed by atoms with Crippen molar-refractivity contribution in [1.82, 2.24) is 5.43 Å². The van der Waals surface area contributed by atoms with E-state index >= 15 is 0 Å². The fourth-order valence-corrected chi connectivity index (χ4v) is 1.72. The Morgan fingerprint density at radius 2 is 1.89 bits per heavy atom. The first kappa shape index (κ1) is 12.8. The molecule has 2 aromatic carbocycles. The van der Waals surface area contributed by atoms with Gasteiger partial charge in [0.2, 0.25) is 0 Å². The van der Waals surface area contributed by atoms with Gasteiger partial charge in [-0.3, -0.25) is 4.79 Å². The molecule has 0 aliphatic rings. The molecule has 0 radical (unpaired) electrons. The molecule has 0 spiro atoms. The molecule has 5 heteroatoms. The van der Waals surface area contributed by atoms with E-state index in [0.717, 1.165) is 10.8 Å². The Bertz CT molecular complexity index is 650. The minimum Gasteiger partial charge on any atom is -0.350 e. The Morgan fingerprint density at radius 3 is 2.63 bits per heavy atom. The highest BCUT2D eigenvalue weighted by atomic mass is 16.2. The van der Waals surface area contributed by atoms with Crippen molar-refractivity contribution in [3.63, 3.8) is 0 Å². The van der Waals surface area contributed by atoms with Crippen LogP contribution in [0.5, 0.6) is 0 Å². The zero-order valence-electron chi connectivity index (χ0n) is 10.2. The fraction of sp³-hybridized carbons (Fsp3) is 0.0714. The Morgan fingerprint density at radius 1 is 1.16 bits per heavy atom. The highest BCUT2D eigenvalue weighted by Gasteiger charge is 2.04. The first-order valence-corrected chi connectivity index (χ1v) is 5.76. The molecule has 5 nitrogen and oxygen atoms in total. The maximum atomic E-state index is 11.9. The van der Waals surface area contributed by atoms with E-state index < -0.39 is 6.03 Å². The lowest BCUT2D eigenvalue weighted by Crippen LogP contribution is -2.24. The number of hydrogen-bond acceptors (Lipinski definition) is 3. The van der Waals surface area contributed by atoms with Crippen LogP contribution in [0.4, 0.5) is 4.79 Å². The summed E-state index contributed by atoms with van der Waals surface area (Å²) in [4.78, 5) is 22.3. The average Bonchev–Trinajstić information content (AvgIpc) is 2.42. The molecule has 0 heterocycles. The van der Waals surface area contributed by atoms with E-state index in [1.54, 1.807) is 6.07 Å². The number of amides is 2. The molecule has 0 saturated heterocycles. The Balaban J connectivity index is 2.09. The summed E-state index contributed by atoms with van der Waals surface area (Å²) in [6.07, 6.45) is 1.43. The summed E-state index contributed by atoms with van der Waals surface area (Å²) >= 11 is 0. The quantitative estimate of drug-likeness (QED) is 0.498. The number of fused-ring (bicyclic) bond motifs is 1. The van der Waals surface area contributed by atoms with E-state index in [4.69, 9.17) is 5.73 Å². The second kappa shape index (κ2) is 5.77. The van der Waals surface area contributed by atoms with Crippen molar-refractivity contribution >= 4 is 28.8 Å². The predicted octanol–water partition coefficient (Wildman–Crippen LogP) is 2.07. The van der Waals surface area contributed by atoms with Gasteiger partial charge >= 0.3 is 6.03 Å². The number of nitrogens with one attached hydrogen (secondary N) is 1. The van der Waals surface area contributed by atoms with Crippen LogP contribution in [0.2, 0.25) is 0 Å². The second-order valence-electron chi connectivity index (χ2n) is 3.98. The number of nitrogens with two attached hydrogens (primary N) is 1. The van der Waals surface area contributed by atoms with Gasteiger partial charge in [-0.2, -0.15) is 5.10 Å². The average molecular weight is 255 g/mol. The van der Waals surface area contributed by atoms with Crippen molar-refractivity contribution in [3.8, 4) is 0 Å². The number of nitrogens with zero attached hydrogens (tertiary/aromatic N) is 1. The summed E-state index contributed by atoms with van der Waals surface area (Å²) < 4.78 is 0. The van der Waals surface area contributed by atoms with Crippen molar-refractivity contribution in [2.75, 3.05) is 0 Å². The van der Waals surface area contributed by atoms with Gasteiger partial charge < -0.3 is 5.73 Å². The molecule has 0 unspecified atom stereocenters. The lowest BCUT2D eigenvalue weighted by atomic mass is 10.0. The number of primary amides is 1. The number of urea groups is 1. The Labute approximate surface area is 110 Å². The molecule has 96 valence electrons. The summed E-state index contributed by atoms with van der Waals surface area (Å²) in [5.41, 5.74) is 7.49. The van der Waals surface area contributed by atoms with Gasteiger partial charge in [-0.05, 0) is 16.8 Å². The number of carbonyl (C=O) groups is 2. The molecule has 2 rings (SSSR count). The highest BCUT2D eigenvalue weighted by Crippen LogP contribution is 2.16. The summed E-state index contributed by atoms with van der Waals surface area (Å²) in [7, 11) is 0. The number of Topliss-reactive ketones (excluding diaryl/α,β-unsaturated/α-hetero) is 1. The first-order chi connectivity index (χ1) is 9.16. The van der Waals surface area contributed by atoms with Crippen molar-refractivity contribution in [3.05, 3.63) is 48.0 Å². The summed E-state index contributed by atoms with van der Waals surface area (Å²) in [6.45, 7) is 0. The van der Waals surface area contributed by atoms with E-state index in [9.17, 15) is 9.59 Å². The molecule has 0 aromatic heterocycles. The zero-order chi connectivity index (χ0) is 13.7. The van der Waals surface area contributed by atoms with Crippen LogP contribution in [0, 0.1) is 0 Å². The third kappa shape index (κ3) is 3.38. The van der Waals surface area contributed by atoms with Crippen LogP contribution in [0.25, 0.3) is 10.8 Å². The van der Waals surface area contributed by atoms with Crippen LogP contribution < -0.4 is 11.2 Å². The smallest absolute Gasteiger partial charge is 0.332 e. The molecule has 2 amide bonds. The lowest BCUT2D eigenvalue weighted by Gasteiger charge is -2.01. The SMILES string of the molecule is NC(=O)N/N=C\CC(=O)c1ccc2ccccc2c1. The molecule has 0 fully saturated rings. The van der Waals surface area contributed by atoms with E-state index in [-0.39, 0.29) is 12.2 Å². The van der Waals surface area contributed by atoms with Gasteiger partial charge in [-0.15, -0.1) is 0 Å². The van der Waals surface area contributed by atoms with Gasteiger partial charge in [0.25, 0.3) is 0 Å². The van der Waals surface area contributed by atoms with Crippen LogP contribution in [-0.2, 0) is 0 Å². The molecule has 2 aromatic rings. The van der Waals surface area contributed by atoms with Crippen molar-refractivity contribution in [2.45, 2.75) is 6.42 Å². The minimum atomic E-state index is -0.755. The molecular formula is C14H13N3O2. The minimum absolute atomic E-state index is 0.0687. The number of carbonyl (C=O) groups excluding carboxylic acids is 2. The van der Waals surface area contributed by atoms with Gasteiger partial charge in [0.15, 0.2) is 5.78 Å². The van der Waals surface area contributed by atoms with Crippen LogP contribution in [-0.4, -0.2) is 18.0 Å². The second-order valence-corrected chi connectivity index (χ2v) is 3.98. The number of rotatable bonds is 4. The van der Waals surface area contributed by atoms with E-state index in [1.165, 1.54) is 6.21 Å². The monoisotopic (exact) mass is 255 g/mol. The molecule has 3 N–H and O–H groups in total. The van der Waals surface area contributed by atoms with E-state index in [2.05, 4.69) is 5.10 Å². The van der Waals surface area contributed by atoms with Crippen LogP contribution >= 0.6 is 0 Å². The van der Waals surface area contributed by atoms with Crippen LogP contribution in [0.15, 0.2) is 47.6 Å².